The number of anilines is 1. The highest BCUT2D eigenvalue weighted by Gasteiger charge is 2.14. The minimum Gasteiger partial charge on any atom is -0.338 e. The van der Waals surface area contributed by atoms with E-state index in [1.165, 1.54) is 25.7 Å². The van der Waals surface area contributed by atoms with E-state index >= 15 is 0 Å². The van der Waals surface area contributed by atoms with Crippen LogP contribution >= 0.6 is 11.6 Å². The summed E-state index contributed by atoms with van der Waals surface area (Å²) in [5.74, 6) is -0.143. The maximum absolute atomic E-state index is 12.0. The van der Waals surface area contributed by atoms with Gasteiger partial charge in [0, 0.05) is 29.7 Å². The molecule has 1 aromatic rings. The zero-order chi connectivity index (χ0) is 17.4. The van der Waals surface area contributed by atoms with Crippen molar-refractivity contribution in [1.82, 2.24) is 10.6 Å². The number of hydrogen-bond donors (Lipinski definition) is 3. The van der Waals surface area contributed by atoms with E-state index in [1.807, 2.05) is 13.0 Å². The number of carbonyl (C=O) groups excluding carboxylic acids is 2. The lowest BCUT2D eigenvalue weighted by Crippen LogP contribution is -2.42. The number of rotatable bonds is 5. The van der Waals surface area contributed by atoms with Gasteiger partial charge >= 0.3 is 6.03 Å². The second kappa shape index (κ2) is 9.52. The Balaban J connectivity index is 1.68. The molecule has 0 bridgehead atoms. The van der Waals surface area contributed by atoms with Crippen LogP contribution < -0.4 is 16.0 Å². The average Bonchev–Trinajstić information content (AvgIpc) is 2.80. The molecule has 0 spiro atoms. The third-order valence-corrected chi connectivity index (χ3v) is 4.78. The fourth-order valence-electron chi connectivity index (χ4n) is 2.91. The number of amides is 3. The van der Waals surface area contributed by atoms with Gasteiger partial charge in [-0.1, -0.05) is 43.4 Å². The zero-order valence-corrected chi connectivity index (χ0v) is 14.9. The molecule has 0 atom stereocenters. The van der Waals surface area contributed by atoms with Crippen molar-refractivity contribution in [3.63, 3.8) is 0 Å². The molecular weight excluding hydrogens is 326 g/mol. The van der Waals surface area contributed by atoms with Crippen molar-refractivity contribution < 1.29 is 9.59 Å². The third-order valence-electron chi connectivity index (χ3n) is 4.37. The molecule has 132 valence electrons. The molecule has 6 heteroatoms. The summed E-state index contributed by atoms with van der Waals surface area (Å²) in [5, 5.41) is 9.19. The number of halogens is 1. The van der Waals surface area contributed by atoms with E-state index in [2.05, 4.69) is 16.0 Å². The summed E-state index contributed by atoms with van der Waals surface area (Å²) in [7, 11) is 0. The Morgan fingerprint density at radius 1 is 1.17 bits per heavy atom. The first-order valence-corrected chi connectivity index (χ1v) is 9.03. The second-order valence-electron chi connectivity index (χ2n) is 6.30. The molecule has 1 fully saturated rings. The molecule has 24 heavy (non-hydrogen) atoms. The second-order valence-corrected chi connectivity index (χ2v) is 6.71. The Bertz CT molecular complexity index is 569. The highest BCUT2D eigenvalue weighted by Crippen LogP contribution is 2.22. The van der Waals surface area contributed by atoms with Crippen LogP contribution in [0.3, 0.4) is 0 Å². The van der Waals surface area contributed by atoms with Gasteiger partial charge in [0.25, 0.3) is 0 Å². The Morgan fingerprint density at radius 2 is 1.88 bits per heavy atom. The fourth-order valence-corrected chi connectivity index (χ4v) is 3.08. The van der Waals surface area contributed by atoms with Gasteiger partial charge in [0.05, 0.1) is 0 Å². The normalized spacial score (nSPS) is 15.4. The SMILES string of the molecule is Cc1c(Cl)cccc1NC(=O)CCNC(=O)NC1CCCCCC1. The minimum atomic E-state index is -0.186. The molecule has 0 aliphatic heterocycles. The van der Waals surface area contributed by atoms with E-state index in [1.54, 1.807) is 12.1 Å². The predicted octanol–water partition coefficient (Wildman–Crippen LogP) is 4.00. The van der Waals surface area contributed by atoms with Crippen molar-refractivity contribution in [3.05, 3.63) is 28.8 Å². The topological polar surface area (TPSA) is 70.2 Å². The molecular formula is C18H26ClN3O2. The van der Waals surface area contributed by atoms with Crippen LogP contribution in [0, 0.1) is 6.92 Å². The predicted molar refractivity (Wildman–Crippen MR) is 97.5 cm³/mol. The maximum atomic E-state index is 12.0. The zero-order valence-electron chi connectivity index (χ0n) is 14.2. The number of urea groups is 1. The van der Waals surface area contributed by atoms with Crippen molar-refractivity contribution in [3.8, 4) is 0 Å². The lowest BCUT2D eigenvalue weighted by atomic mass is 10.1. The van der Waals surface area contributed by atoms with Crippen LogP contribution in [0.5, 0.6) is 0 Å². The third kappa shape index (κ3) is 6.04. The van der Waals surface area contributed by atoms with Crippen LogP contribution in [0.2, 0.25) is 5.02 Å². The lowest BCUT2D eigenvalue weighted by Gasteiger charge is -2.16. The van der Waals surface area contributed by atoms with Crippen LogP contribution in [0.15, 0.2) is 18.2 Å². The number of nitrogens with one attached hydrogen (secondary N) is 3. The summed E-state index contributed by atoms with van der Waals surface area (Å²) in [6, 6.07) is 5.46. The summed E-state index contributed by atoms with van der Waals surface area (Å²) in [6.45, 7) is 2.17. The van der Waals surface area contributed by atoms with E-state index in [0.29, 0.717) is 17.3 Å². The number of benzene rings is 1. The monoisotopic (exact) mass is 351 g/mol. The van der Waals surface area contributed by atoms with E-state index in [-0.39, 0.29) is 24.4 Å². The van der Waals surface area contributed by atoms with Gasteiger partial charge in [0.2, 0.25) is 5.91 Å². The van der Waals surface area contributed by atoms with Gasteiger partial charge in [0.1, 0.15) is 0 Å². The van der Waals surface area contributed by atoms with Gasteiger partial charge in [-0.3, -0.25) is 4.79 Å². The molecule has 2 rings (SSSR count). The van der Waals surface area contributed by atoms with E-state index in [4.69, 9.17) is 11.6 Å². The summed E-state index contributed by atoms with van der Waals surface area (Å²) in [5.41, 5.74) is 1.54. The molecule has 0 unspecified atom stereocenters. The lowest BCUT2D eigenvalue weighted by molar-refractivity contribution is -0.116. The van der Waals surface area contributed by atoms with Crippen molar-refractivity contribution in [2.75, 3.05) is 11.9 Å². The van der Waals surface area contributed by atoms with Crippen molar-refractivity contribution in [1.29, 1.82) is 0 Å². The standard InChI is InChI=1S/C18H26ClN3O2/c1-13-15(19)9-6-10-16(13)22-17(23)11-12-20-18(24)21-14-7-4-2-3-5-8-14/h6,9-10,14H,2-5,7-8,11-12H2,1H3,(H,22,23)(H2,20,21,24). The van der Waals surface area contributed by atoms with Crippen LogP contribution in [0.25, 0.3) is 0 Å². The first-order valence-electron chi connectivity index (χ1n) is 8.65. The van der Waals surface area contributed by atoms with Gasteiger partial charge in [0.15, 0.2) is 0 Å². The van der Waals surface area contributed by atoms with Crippen molar-refractivity contribution in [2.24, 2.45) is 0 Å². The van der Waals surface area contributed by atoms with Gasteiger partial charge in [-0.25, -0.2) is 4.79 Å². The van der Waals surface area contributed by atoms with Gasteiger partial charge in [-0.2, -0.15) is 0 Å². The first-order chi connectivity index (χ1) is 11.6. The molecule has 1 aliphatic rings. The van der Waals surface area contributed by atoms with Gasteiger partial charge in [-0.05, 0) is 37.5 Å². The molecule has 0 heterocycles. The van der Waals surface area contributed by atoms with E-state index < -0.39 is 0 Å². The molecule has 1 aliphatic carbocycles. The van der Waals surface area contributed by atoms with Crippen LogP contribution in [0.4, 0.5) is 10.5 Å². The minimum absolute atomic E-state index is 0.143. The Labute approximate surface area is 148 Å². The molecule has 1 saturated carbocycles. The van der Waals surface area contributed by atoms with Gasteiger partial charge < -0.3 is 16.0 Å². The summed E-state index contributed by atoms with van der Waals surface area (Å²) in [6.07, 6.45) is 7.17. The van der Waals surface area contributed by atoms with Crippen molar-refractivity contribution >= 4 is 29.2 Å². The van der Waals surface area contributed by atoms with E-state index in [9.17, 15) is 9.59 Å². The van der Waals surface area contributed by atoms with Crippen LogP contribution in [0.1, 0.15) is 50.5 Å². The number of hydrogen-bond acceptors (Lipinski definition) is 2. The van der Waals surface area contributed by atoms with Crippen LogP contribution in [-0.4, -0.2) is 24.5 Å². The quantitative estimate of drug-likeness (QED) is 0.702. The molecule has 0 radical (unpaired) electrons. The highest BCUT2D eigenvalue weighted by atomic mass is 35.5. The average molecular weight is 352 g/mol. The summed E-state index contributed by atoms with van der Waals surface area (Å²) >= 11 is 6.03. The summed E-state index contributed by atoms with van der Waals surface area (Å²) in [4.78, 5) is 23.9. The van der Waals surface area contributed by atoms with Crippen LogP contribution in [-0.2, 0) is 4.79 Å². The fraction of sp³-hybridized carbons (Fsp3) is 0.556. The first kappa shape index (κ1) is 18.6. The molecule has 1 aromatic carbocycles. The Morgan fingerprint density at radius 3 is 2.58 bits per heavy atom. The smallest absolute Gasteiger partial charge is 0.315 e. The molecule has 3 N–H and O–H groups in total. The molecule has 5 nitrogen and oxygen atoms in total. The molecule has 3 amide bonds. The highest BCUT2D eigenvalue weighted by molar-refractivity contribution is 6.31. The molecule has 0 aromatic heterocycles. The van der Waals surface area contributed by atoms with Gasteiger partial charge in [-0.15, -0.1) is 0 Å². The maximum Gasteiger partial charge on any atom is 0.315 e. The van der Waals surface area contributed by atoms with E-state index in [0.717, 1.165) is 18.4 Å². The Kier molecular flexibility index (Phi) is 7.37. The van der Waals surface area contributed by atoms with Crippen molar-refractivity contribution in [2.45, 2.75) is 57.9 Å². The largest absolute Gasteiger partial charge is 0.338 e. The Hall–Kier alpha value is -1.75. The molecule has 0 saturated heterocycles. The number of carbonyl (C=O) groups is 2. The summed E-state index contributed by atoms with van der Waals surface area (Å²) < 4.78 is 0.